The third-order valence-electron chi connectivity index (χ3n) is 4.19. The Bertz CT molecular complexity index is 975. The Kier molecular flexibility index (Phi) is 2.64. The number of rotatable bonds is 1. The van der Waals surface area contributed by atoms with Gasteiger partial charge in [0, 0.05) is 23.2 Å². The van der Waals surface area contributed by atoms with E-state index in [0.29, 0.717) is 12.1 Å². The topological polar surface area (TPSA) is 87.6 Å². The third kappa shape index (κ3) is 1.95. The number of hydrogen-bond acceptors (Lipinski definition) is 6. The molecule has 3 heterocycles. The van der Waals surface area contributed by atoms with E-state index in [1.165, 1.54) is 0 Å². The van der Waals surface area contributed by atoms with E-state index in [-0.39, 0.29) is 6.79 Å². The van der Waals surface area contributed by atoms with Crippen molar-refractivity contribution in [2.45, 2.75) is 6.42 Å². The van der Waals surface area contributed by atoms with Gasteiger partial charge in [-0.1, -0.05) is 12.1 Å². The first-order valence-electron chi connectivity index (χ1n) is 7.54. The van der Waals surface area contributed by atoms with E-state index in [1.54, 1.807) is 11.0 Å². The van der Waals surface area contributed by atoms with Crippen molar-refractivity contribution in [2.24, 2.45) is 5.10 Å². The quantitative estimate of drug-likeness (QED) is 0.540. The van der Waals surface area contributed by atoms with Gasteiger partial charge in [-0.05, 0) is 29.8 Å². The molecule has 7 nitrogen and oxygen atoms in total. The second kappa shape index (κ2) is 4.82. The molecule has 0 fully saturated rings. The van der Waals surface area contributed by atoms with Crippen LogP contribution in [0.1, 0.15) is 22.5 Å². The molecule has 0 atom stereocenters. The summed E-state index contributed by atoms with van der Waals surface area (Å²) in [6, 6.07) is 11.6. The maximum absolute atomic E-state index is 5.81. The van der Waals surface area contributed by atoms with E-state index in [2.05, 4.69) is 10.2 Å². The predicted molar refractivity (Wildman–Crippen MR) is 87.3 cm³/mol. The van der Waals surface area contributed by atoms with Crippen LogP contribution in [0.5, 0.6) is 11.5 Å². The van der Waals surface area contributed by atoms with Crippen LogP contribution in [0.3, 0.4) is 0 Å². The summed E-state index contributed by atoms with van der Waals surface area (Å²) < 4.78 is 12.8. The fourth-order valence-electron chi connectivity index (χ4n) is 2.99. The van der Waals surface area contributed by atoms with Gasteiger partial charge in [0.2, 0.25) is 6.79 Å². The second-order valence-electron chi connectivity index (χ2n) is 5.70. The SMILES string of the molecule is Nc1ccc(C2=Nn3cnnc3Cc3cc4c(cc32)OCO4)cc1. The molecule has 0 aliphatic carbocycles. The minimum atomic E-state index is 0.239. The average molecular weight is 319 g/mol. The van der Waals surface area contributed by atoms with Crippen molar-refractivity contribution in [1.29, 1.82) is 0 Å². The zero-order valence-electron chi connectivity index (χ0n) is 12.6. The normalized spacial score (nSPS) is 14.6. The number of benzene rings is 2. The maximum atomic E-state index is 5.81. The number of ether oxygens (including phenoxy) is 2. The molecule has 0 saturated heterocycles. The first kappa shape index (κ1) is 13.1. The van der Waals surface area contributed by atoms with Crippen LogP contribution in [0.4, 0.5) is 5.69 Å². The number of fused-ring (bicyclic) bond motifs is 3. The fourth-order valence-corrected chi connectivity index (χ4v) is 2.99. The molecule has 0 bridgehead atoms. The highest BCUT2D eigenvalue weighted by Crippen LogP contribution is 2.37. The van der Waals surface area contributed by atoms with Gasteiger partial charge in [-0.3, -0.25) is 0 Å². The lowest BCUT2D eigenvalue weighted by molar-refractivity contribution is 0.174. The van der Waals surface area contributed by atoms with Crippen molar-refractivity contribution in [1.82, 2.24) is 14.9 Å². The van der Waals surface area contributed by atoms with Gasteiger partial charge in [0.1, 0.15) is 6.33 Å². The molecule has 7 heteroatoms. The minimum Gasteiger partial charge on any atom is -0.454 e. The summed E-state index contributed by atoms with van der Waals surface area (Å²) in [5.74, 6) is 2.26. The highest BCUT2D eigenvalue weighted by atomic mass is 16.7. The molecule has 2 aromatic carbocycles. The van der Waals surface area contributed by atoms with Crippen LogP contribution in [0.25, 0.3) is 0 Å². The summed E-state index contributed by atoms with van der Waals surface area (Å²) in [4.78, 5) is 0. The molecule has 2 N–H and O–H groups in total. The summed E-state index contributed by atoms with van der Waals surface area (Å²) >= 11 is 0. The molecule has 0 unspecified atom stereocenters. The monoisotopic (exact) mass is 319 g/mol. The Hall–Kier alpha value is -3.35. The molecule has 3 aromatic rings. The van der Waals surface area contributed by atoms with E-state index < -0.39 is 0 Å². The number of nitrogen functional groups attached to an aromatic ring is 1. The minimum absolute atomic E-state index is 0.239. The van der Waals surface area contributed by atoms with E-state index in [1.807, 2.05) is 36.4 Å². The molecule has 2 aliphatic heterocycles. The smallest absolute Gasteiger partial charge is 0.231 e. The Morgan fingerprint density at radius 2 is 1.83 bits per heavy atom. The van der Waals surface area contributed by atoms with Crippen LogP contribution in [0.2, 0.25) is 0 Å². The van der Waals surface area contributed by atoms with Crippen LogP contribution in [0.15, 0.2) is 47.8 Å². The predicted octanol–water partition coefficient (Wildman–Crippen LogP) is 1.79. The first-order valence-corrected chi connectivity index (χ1v) is 7.54. The Labute approximate surface area is 137 Å². The summed E-state index contributed by atoms with van der Waals surface area (Å²) in [6.45, 7) is 0.239. The van der Waals surface area contributed by atoms with Gasteiger partial charge in [0.05, 0.1) is 5.71 Å². The van der Waals surface area contributed by atoms with Crippen molar-refractivity contribution in [3.8, 4) is 11.5 Å². The molecule has 118 valence electrons. The van der Waals surface area contributed by atoms with E-state index in [9.17, 15) is 0 Å². The standard InChI is InChI=1S/C17H13N5O2/c18-12-3-1-10(2-4-12)17-13-7-15-14(23-9-24-15)5-11(13)6-16-20-19-8-22(16)21-17/h1-5,7-8H,6,9,18H2. The molecule has 24 heavy (non-hydrogen) atoms. The lowest BCUT2D eigenvalue weighted by atomic mass is 9.95. The molecule has 5 rings (SSSR count). The van der Waals surface area contributed by atoms with Gasteiger partial charge in [-0.2, -0.15) is 5.10 Å². The molecule has 1 aromatic heterocycles. The largest absolute Gasteiger partial charge is 0.454 e. The van der Waals surface area contributed by atoms with Crippen molar-refractivity contribution in [3.05, 3.63) is 65.2 Å². The number of nitrogens with two attached hydrogens (primary N) is 1. The Morgan fingerprint density at radius 3 is 2.67 bits per heavy atom. The van der Waals surface area contributed by atoms with Gasteiger partial charge >= 0.3 is 0 Å². The Balaban J connectivity index is 1.76. The van der Waals surface area contributed by atoms with Gasteiger partial charge in [0.25, 0.3) is 0 Å². The molecular formula is C17H13N5O2. The lowest BCUT2D eigenvalue weighted by Gasteiger charge is -2.11. The number of aromatic nitrogens is 3. The Morgan fingerprint density at radius 1 is 1.04 bits per heavy atom. The van der Waals surface area contributed by atoms with E-state index in [4.69, 9.17) is 20.3 Å². The van der Waals surface area contributed by atoms with Crippen molar-refractivity contribution >= 4 is 11.4 Å². The van der Waals surface area contributed by atoms with Crippen molar-refractivity contribution < 1.29 is 9.47 Å². The van der Waals surface area contributed by atoms with Crippen molar-refractivity contribution in [3.63, 3.8) is 0 Å². The first-order chi connectivity index (χ1) is 11.8. The van der Waals surface area contributed by atoms with Gasteiger partial charge in [0.15, 0.2) is 17.3 Å². The molecule has 2 aliphatic rings. The van der Waals surface area contributed by atoms with Crippen LogP contribution in [-0.2, 0) is 6.42 Å². The molecular weight excluding hydrogens is 306 g/mol. The summed E-state index contributed by atoms with van der Waals surface area (Å²) in [5, 5.41) is 12.9. The third-order valence-corrected chi connectivity index (χ3v) is 4.19. The zero-order valence-corrected chi connectivity index (χ0v) is 12.6. The highest BCUT2D eigenvalue weighted by Gasteiger charge is 2.24. The van der Waals surface area contributed by atoms with Crippen LogP contribution < -0.4 is 15.2 Å². The molecule has 0 spiro atoms. The molecule has 0 amide bonds. The molecule has 0 saturated carbocycles. The number of anilines is 1. The maximum Gasteiger partial charge on any atom is 0.231 e. The van der Waals surface area contributed by atoms with E-state index in [0.717, 1.165) is 39.7 Å². The number of nitrogens with zero attached hydrogens (tertiary/aromatic N) is 4. The number of hydrogen-bond donors (Lipinski definition) is 1. The van der Waals surface area contributed by atoms with Crippen LogP contribution in [-0.4, -0.2) is 27.4 Å². The fraction of sp³-hybridized carbons (Fsp3) is 0.118. The highest BCUT2D eigenvalue weighted by molar-refractivity contribution is 6.14. The zero-order chi connectivity index (χ0) is 16.1. The summed E-state index contributed by atoms with van der Waals surface area (Å²) in [5.41, 5.74) is 10.4. The second-order valence-corrected chi connectivity index (χ2v) is 5.70. The van der Waals surface area contributed by atoms with Crippen LogP contribution >= 0.6 is 0 Å². The van der Waals surface area contributed by atoms with Gasteiger partial charge in [-0.15, -0.1) is 10.2 Å². The lowest BCUT2D eigenvalue weighted by Crippen LogP contribution is -2.07. The molecule has 0 radical (unpaired) electrons. The summed E-state index contributed by atoms with van der Waals surface area (Å²) in [6.07, 6.45) is 2.23. The van der Waals surface area contributed by atoms with Gasteiger partial charge in [-0.25, -0.2) is 4.68 Å². The average Bonchev–Trinajstić information content (AvgIpc) is 3.19. The van der Waals surface area contributed by atoms with Gasteiger partial charge < -0.3 is 15.2 Å². The van der Waals surface area contributed by atoms with Crippen LogP contribution in [0, 0.1) is 0 Å². The summed E-state index contributed by atoms with van der Waals surface area (Å²) in [7, 11) is 0. The van der Waals surface area contributed by atoms with Crippen molar-refractivity contribution in [2.75, 3.05) is 12.5 Å². The van der Waals surface area contributed by atoms with E-state index >= 15 is 0 Å².